The largest absolute Gasteiger partial charge is 0.303 e. The first-order valence-electron chi connectivity index (χ1n) is 3.56. The van der Waals surface area contributed by atoms with Crippen molar-refractivity contribution in [2.45, 2.75) is 13.8 Å². The number of aromatic nitrogens is 2. The summed E-state index contributed by atoms with van der Waals surface area (Å²) in [7, 11) is 0. The highest BCUT2D eigenvalue weighted by Gasteiger charge is 2.05. The van der Waals surface area contributed by atoms with Gasteiger partial charge in [-0.3, -0.25) is 9.97 Å². The van der Waals surface area contributed by atoms with Crippen LogP contribution in [-0.4, -0.2) is 15.7 Å². The molecule has 0 atom stereocenters. The highest BCUT2D eigenvalue weighted by atomic mass is 14.8. The molecule has 1 aromatic rings. The smallest absolute Gasteiger partial charge is 0.102 e. The summed E-state index contributed by atoms with van der Waals surface area (Å²) in [4.78, 5) is 7.90. The predicted molar refractivity (Wildman–Crippen MR) is 43.7 cm³/mol. The fraction of sp³-hybridized carbons (Fsp3) is 0.375. The van der Waals surface area contributed by atoms with Crippen molar-refractivity contribution in [2.75, 3.05) is 0 Å². The first-order valence-corrected chi connectivity index (χ1v) is 3.56. The van der Waals surface area contributed by atoms with E-state index in [1.54, 1.807) is 18.6 Å². The van der Waals surface area contributed by atoms with E-state index in [1.165, 1.54) is 0 Å². The molecule has 0 amide bonds. The Morgan fingerprint density at radius 2 is 2.18 bits per heavy atom. The van der Waals surface area contributed by atoms with Crippen LogP contribution >= 0.6 is 0 Å². The predicted octanol–water partition coefficient (Wildman–Crippen LogP) is 1.50. The van der Waals surface area contributed by atoms with Crippen LogP contribution in [0.4, 0.5) is 0 Å². The zero-order valence-electron chi connectivity index (χ0n) is 6.70. The Morgan fingerprint density at radius 1 is 1.45 bits per heavy atom. The van der Waals surface area contributed by atoms with Crippen molar-refractivity contribution in [3.05, 3.63) is 24.3 Å². The Morgan fingerprint density at radius 3 is 2.64 bits per heavy atom. The molecule has 0 unspecified atom stereocenters. The van der Waals surface area contributed by atoms with Gasteiger partial charge in [0.2, 0.25) is 0 Å². The van der Waals surface area contributed by atoms with Crippen LogP contribution in [0.25, 0.3) is 0 Å². The van der Waals surface area contributed by atoms with Gasteiger partial charge in [0, 0.05) is 12.4 Å². The molecule has 0 aliphatic heterocycles. The average Bonchev–Trinajstić information content (AvgIpc) is 2.05. The summed E-state index contributed by atoms with van der Waals surface area (Å²) in [6.07, 6.45) is 4.83. The molecular formula is C8H11N3. The van der Waals surface area contributed by atoms with Gasteiger partial charge in [0.1, 0.15) is 5.69 Å². The maximum absolute atomic E-state index is 7.58. The Balaban J connectivity index is 2.86. The van der Waals surface area contributed by atoms with Crippen LogP contribution in [0.2, 0.25) is 0 Å². The van der Waals surface area contributed by atoms with Crippen LogP contribution in [0.1, 0.15) is 19.5 Å². The maximum atomic E-state index is 7.58. The lowest BCUT2D eigenvalue weighted by atomic mass is 10.1. The third-order valence-electron chi connectivity index (χ3n) is 1.42. The van der Waals surface area contributed by atoms with Gasteiger partial charge in [-0.1, -0.05) is 13.8 Å². The van der Waals surface area contributed by atoms with E-state index in [2.05, 4.69) is 9.97 Å². The van der Waals surface area contributed by atoms with Gasteiger partial charge in [-0.05, 0) is 5.92 Å². The number of rotatable bonds is 2. The average molecular weight is 149 g/mol. The van der Waals surface area contributed by atoms with Crippen molar-refractivity contribution in [3.8, 4) is 0 Å². The molecule has 1 rings (SSSR count). The van der Waals surface area contributed by atoms with Crippen LogP contribution in [0.5, 0.6) is 0 Å². The van der Waals surface area contributed by atoms with Gasteiger partial charge in [0.25, 0.3) is 0 Å². The van der Waals surface area contributed by atoms with Gasteiger partial charge >= 0.3 is 0 Å². The summed E-state index contributed by atoms with van der Waals surface area (Å²) < 4.78 is 0. The zero-order valence-corrected chi connectivity index (χ0v) is 6.70. The molecule has 1 aromatic heterocycles. The molecule has 11 heavy (non-hydrogen) atoms. The van der Waals surface area contributed by atoms with Gasteiger partial charge in [-0.2, -0.15) is 0 Å². The maximum Gasteiger partial charge on any atom is 0.102 e. The molecule has 0 spiro atoms. The molecule has 0 aliphatic rings. The molecule has 58 valence electrons. The molecule has 1 heterocycles. The number of hydrogen-bond donors (Lipinski definition) is 1. The number of hydrogen-bond acceptors (Lipinski definition) is 3. The first kappa shape index (κ1) is 7.85. The SMILES string of the molecule is CC(C)C(=N)c1cnccn1. The van der Waals surface area contributed by atoms with E-state index in [9.17, 15) is 0 Å². The van der Waals surface area contributed by atoms with Gasteiger partial charge in [-0.25, -0.2) is 0 Å². The van der Waals surface area contributed by atoms with Crippen molar-refractivity contribution >= 4 is 5.71 Å². The highest BCUT2D eigenvalue weighted by Crippen LogP contribution is 2.02. The fourth-order valence-corrected chi connectivity index (χ4v) is 0.734. The molecule has 1 N–H and O–H groups in total. The topological polar surface area (TPSA) is 49.6 Å². The van der Waals surface area contributed by atoms with Crippen LogP contribution < -0.4 is 0 Å². The van der Waals surface area contributed by atoms with E-state index in [0.29, 0.717) is 11.4 Å². The molecule has 3 nitrogen and oxygen atoms in total. The lowest BCUT2D eigenvalue weighted by molar-refractivity contribution is 0.870. The van der Waals surface area contributed by atoms with Crippen LogP contribution in [0.15, 0.2) is 18.6 Å². The van der Waals surface area contributed by atoms with E-state index < -0.39 is 0 Å². The van der Waals surface area contributed by atoms with Gasteiger partial charge < -0.3 is 5.41 Å². The Kier molecular flexibility index (Phi) is 2.31. The summed E-state index contributed by atoms with van der Waals surface area (Å²) in [6, 6.07) is 0. The van der Waals surface area contributed by atoms with Crippen LogP contribution in [0.3, 0.4) is 0 Å². The van der Waals surface area contributed by atoms with Crippen molar-refractivity contribution in [2.24, 2.45) is 5.92 Å². The molecule has 0 saturated carbocycles. The lowest BCUT2D eigenvalue weighted by Crippen LogP contribution is -2.09. The van der Waals surface area contributed by atoms with Gasteiger partial charge in [0.05, 0.1) is 11.9 Å². The molecule has 0 aromatic carbocycles. The van der Waals surface area contributed by atoms with Crippen LogP contribution in [-0.2, 0) is 0 Å². The number of nitrogens with one attached hydrogen (secondary N) is 1. The quantitative estimate of drug-likeness (QED) is 0.648. The van der Waals surface area contributed by atoms with Crippen molar-refractivity contribution in [1.82, 2.24) is 9.97 Å². The van der Waals surface area contributed by atoms with E-state index in [-0.39, 0.29) is 5.92 Å². The summed E-state index contributed by atoms with van der Waals surface area (Å²) in [5, 5.41) is 7.58. The summed E-state index contributed by atoms with van der Waals surface area (Å²) in [5.74, 6) is 0.215. The van der Waals surface area contributed by atoms with Crippen LogP contribution in [0, 0.1) is 11.3 Å². The normalized spacial score (nSPS) is 10.1. The standard InChI is InChI=1S/C8H11N3/c1-6(2)8(9)7-5-10-3-4-11-7/h3-6,9H,1-2H3. The summed E-state index contributed by atoms with van der Waals surface area (Å²) in [5.41, 5.74) is 1.21. The zero-order chi connectivity index (χ0) is 8.27. The second-order valence-electron chi connectivity index (χ2n) is 2.66. The van der Waals surface area contributed by atoms with E-state index in [1.807, 2.05) is 13.8 Å². The number of nitrogens with zero attached hydrogens (tertiary/aromatic N) is 2. The van der Waals surface area contributed by atoms with Gasteiger partial charge in [0.15, 0.2) is 0 Å². The summed E-state index contributed by atoms with van der Waals surface area (Å²) in [6.45, 7) is 3.94. The minimum Gasteiger partial charge on any atom is -0.303 e. The monoisotopic (exact) mass is 149 g/mol. The third-order valence-corrected chi connectivity index (χ3v) is 1.42. The first-order chi connectivity index (χ1) is 5.22. The Hall–Kier alpha value is -1.25. The third kappa shape index (κ3) is 1.83. The summed E-state index contributed by atoms with van der Waals surface area (Å²) >= 11 is 0. The van der Waals surface area contributed by atoms with Crippen molar-refractivity contribution in [1.29, 1.82) is 5.41 Å². The second-order valence-corrected chi connectivity index (χ2v) is 2.66. The molecular weight excluding hydrogens is 138 g/mol. The Bertz CT molecular complexity index is 241. The minimum absolute atomic E-state index is 0.215. The minimum atomic E-state index is 0.215. The fourth-order valence-electron chi connectivity index (χ4n) is 0.734. The molecule has 3 heteroatoms. The molecule has 0 radical (unpaired) electrons. The molecule has 0 aliphatic carbocycles. The van der Waals surface area contributed by atoms with E-state index in [4.69, 9.17) is 5.41 Å². The van der Waals surface area contributed by atoms with E-state index in [0.717, 1.165) is 0 Å². The Labute approximate surface area is 66.0 Å². The molecule has 0 fully saturated rings. The molecule has 0 bridgehead atoms. The van der Waals surface area contributed by atoms with Crippen molar-refractivity contribution < 1.29 is 0 Å². The lowest BCUT2D eigenvalue weighted by Gasteiger charge is -2.04. The van der Waals surface area contributed by atoms with Gasteiger partial charge in [-0.15, -0.1) is 0 Å². The van der Waals surface area contributed by atoms with Crippen molar-refractivity contribution in [3.63, 3.8) is 0 Å². The second kappa shape index (κ2) is 3.23. The van der Waals surface area contributed by atoms with E-state index >= 15 is 0 Å². The molecule has 0 saturated heterocycles. The highest BCUT2D eigenvalue weighted by molar-refractivity contribution is 5.97.